The third kappa shape index (κ3) is 6.14. The Labute approximate surface area is 56.6 Å². The van der Waals surface area contributed by atoms with Gasteiger partial charge in [0.15, 0.2) is 0 Å². The largest absolute Gasteiger partial charge is 1.00 e. The van der Waals surface area contributed by atoms with Crippen molar-refractivity contribution >= 4 is 0 Å². The summed E-state index contributed by atoms with van der Waals surface area (Å²) in [5, 5.41) is 9.70. The van der Waals surface area contributed by atoms with E-state index in [-0.39, 0.29) is 18.9 Å². The second kappa shape index (κ2) is 6.14. The van der Waals surface area contributed by atoms with Gasteiger partial charge in [-0.25, -0.2) is 0 Å². The van der Waals surface area contributed by atoms with Crippen molar-refractivity contribution in [3.63, 3.8) is 0 Å². The van der Waals surface area contributed by atoms with Crippen molar-refractivity contribution < 1.29 is 24.0 Å². The van der Waals surface area contributed by atoms with Gasteiger partial charge >= 0.3 is 18.9 Å². The van der Waals surface area contributed by atoms with Crippen molar-refractivity contribution in [2.75, 3.05) is 0 Å². The minimum atomic E-state index is 0. The van der Waals surface area contributed by atoms with Crippen molar-refractivity contribution in [2.45, 2.75) is 20.3 Å². The summed E-state index contributed by atoms with van der Waals surface area (Å²) < 4.78 is 0. The average molecular weight is 92.1 g/mol. The van der Waals surface area contributed by atoms with E-state index in [2.05, 4.69) is 0 Å². The first kappa shape index (κ1) is 10.2. The Bertz CT molecular complexity index is 59.1. The van der Waals surface area contributed by atoms with E-state index in [1.165, 1.54) is 0 Å². The molecular formula is C5H9LiO. The molecule has 0 rings (SSSR count). The predicted molar refractivity (Wildman–Crippen MR) is 24.0 cm³/mol. The zero-order valence-corrected chi connectivity index (χ0v) is 5.19. The number of rotatable bonds is 1. The van der Waals surface area contributed by atoms with Crippen LogP contribution in [0, 0.1) is 0 Å². The molecule has 0 N–H and O–H groups in total. The van der Waals surface area contributed by atoms with Gasteiger partial charge in [0.1, 0.15) is 0 Å². The van der Waals surface area contributed by atoms with Crippen LogP contribution >= 0.6 is 0 Å². The molecule has 2 heteroatoms. The third-order valence-corrected chi connectivity index (χ3v) is 0.759. The van der Waals surface area contributed by atoms with E-state index in [0.717, 1.165) is 18.3 Å². The molecule has 0 aromatic carbocycles. The van der Waals surface area contributed by atoms with Gasteiger partial charge in [-0.05, 0) is 13.3 Å². The smallest absolute Gasteiger partial charge is 0.878 e. The van der Waals surface area contributed by atoms with Crippen LogP contribution in [0.2, 0.25) is 0 Å². The summed E-state index contributed by atoms with van der Waals surface area (Å²) >= 11 is 0. The van der Waals surface area contributed by atoms with Gasteiger partial charge in [-0.2, -0.15) is 0 Å². The SMILES string of the molecule is CC/C(C)=C/[O-].[Li+]. The van der Waals surface area contributed by atoms with E-state index >= 15 is 0 Å². The molecule has 0 spiro atoms. The molecule has 0 aliphatic rings. The van der Waals surface area contributed by atoms with Crippen LogP contribution in [-0.4, -0.2) is 0 Å². The zero-order valence-electron chi connectivity index (χ0n) is 5.19. The van der Waals surface area contributed by atoms with Crippen molar-refractivity contribution in [3.05, 3.63) is 11.8 Å². The fourth-order valence-electron chi connectivity index (χ4n) is 0.0833. The van der Waals surface area contributed by atoms with Crippen molar-refractivity contribution in [3.8, 4) is 0 Å². The quantitative estimate of drug-likeness (QED) is 0.263. The molecule has 0 unspecified atom stereocenters. The second-order valence-corrected chi connectivity index (χ2v) is 1.32. The fraction of sp³-hybridized carbons (Fsp3) is 0.600. The molecule has 0 saturated carbocycles. The molecule has 0 amide bonds. The van der Waals surface area contributed by atoms with Gasteiger partial charge in [0, 0.05) is 0 Å². The first-order chi connectivity index (χ1) is 2.81. The van der Waals surface area contributed by atoms with E-state index in [1.807, 2.05) is 13.8 Å². The molecular weight excluding hydrogens is 83.0 g/mol. The number of hydrogen-bond acceptors (Lipinski definition) is 1. The first-order valence-corrected chi connectivity index (χ1v) is 2.09. The number of hydrogen-bond donors (Lipinski definition) is 0. The molecule has 0 atom stereocenters. The Morgan fingerprint density at radius 3 is 2.14 bits per heavy atom. The molecule has 0 saturated heterocycles. The Balaban J connectivity index is 0. The van der Waals surface area contributed by atoms with Crippen LogP contribution in [-0.2, 0) is 0 Å². The van der Waals surface area contributed by atoms with Crippen LogP contribution in [0.25, 0.3) is 0 Å². The monoisotopic (exact) mass is 92.1 g/mol. The molecule has 0 aromatic rings. The van der Waals surface area contributed by atoms with Gasteiger partial charge in [-0.15, -0.1) is 6.26 Å². The van der Waals surface area contributed by atoms with Crippen LogP contribution in [0.5, 0.6) is 0 Å². The summed E-state index contributed by atoms with van der Waals surface area (Å²) in [6, 6.07) is 0. The normalized spacial score (nSPS) is 10.3. The van der Waals surface area contributed by atoms with Crippen LogP contribution in [0.4, 0.5) is 0 Å². The molecule has 7 heavy (non-hydrogen) atoms. The van der Waals surface area contributed by atoms with Crippen molar-refractivity contribution in [1.29, 1.82) is 0 Å². The third-order valence-electron chi connectivity index (χ3n) is 0.759. The maximum atomic E-state index is 9.70. The maximum absolute atomic E-state index is 9.70. The molecule has 0 aromatic heterocycles. The standard InChI is InChI=1S/C5H10O.Li/c1-3-5(2)4-6;/h4,6H,3H2,1-2H3;/q;+1/p-1/b5-4+;. The van der Waals surface area contributed by atoms with Crippen molar-refractivity contribution in [2.24, 2.45) is 0 Å². The van der Waals surface area contributed by atoms with Gasteiger partial charge in [0.25, 0.3) is 0 Å². The topological polar surface area (TPSA) is 23.1 Å². The van der Waals surface area contributed by atoms with Crippen LogP contribution in [0.1, 0.15) is 20.3 Å². The summed E-state index contributed by atoms with van der Waals surface area (Å²) in [7, 11) is 0. The Morgan fingerprint density at radius 1 is 1.71 bits per heavy atom. The fourth-order valence-corrected chi connectivity index (χ4v) is 0.0833. The Kier molecular flexibility index (Phi) is 8.93. The minimum Gasteiger partial charge on any atom is -0.878 e. The Morgan fingerprint density at radius 2 is 2.14 bits per heavy atom. The van der Waals surface area contributed by atoms with Crippen molar-refractivity contribution in [1.82, 2.24) is 0 Å². The molecule has 36 valence electrons. The minimum absolute atomic E-state index is 0. The molecule has 0 heterocycles. The summed E-state index contributed by atoms with van der Waals surface area (Å²) in [4.78, 5) is 0. The summed E-state index contributed by atoms with van der Waals surface area (Å²) in [6.07, 6.45) is 1.77. The van der Waals surface area contributed by atoms with Gasteiger partial charge in [0.05, 0.1) is 0 Å². The molecule has 0 radical (unpaired) electrons. The molecule has 0 bridgehead atoms. The second-order valence-electron chi connectivity index (χ2n) is 1.32. The molecule has 0 aliphatic carbocycles. The Hall–Kier alpha value is 0.137. The van der Waals surface area contributed by atoms with E-state index in [4.69, 9.17) is 0 Å². The van der Waals surface area contributed by atoms with Crippen LogP contribution in [0.15, 0.2) is 11.8 Å². The summed E-state index contributed by atoms with van der Waals surface area (Å²) in [5.41, 5.74) is 0.912. The number of allylic oxidation sites excluding steroid dienone is 1. The van der Waals surface area contributed by atoms with E-state index in [1.54, 1.807) is 0 Å². The average Bonchev–Trinajstić information content (AvgIpc) is 1.65. The van der Waals surface area contributed by atoms with Crippen LogP contribution in [0.3, 0.4) is 0 Å². The zero-order chi connectivity index (χ0) is 4.99. The maximum Gasteiger partial charge on any atom is 1.00 e. The van der Waals surface area contributed by atoms with Gasteiger partial charge < -0.3 is 5.11 Å². The van der Waals surface area contributed by atoms with Gasteiger partial charge in [-0.3, -0.25) is 0 Å². The van der Waals surface area contributed by atoms with Gasteiger partial charge in [-0.1, -0.05) is 12.5 Å². The summed E-state index contributed by atoms with van der Waals surface area (Å²) in [6.45, 7) is 3.79. The molecule has 0 aliphatic heterocycles. The van der Waals surface area contributed by atoms with Crippen LogP contribution < -0.4 is 24.0 Å². The predicted octanol–water partition coefficient (Wildman–Crippen LogP) is -2.34. The molecule has 1 nitrogen and oxygen atoms in total. The summed E-state index contributed by atoms with van der Waals surface area (Å²) in [5.74, 6) is 0. The molecule has 0 fully saturated rings. The van der Waals surface area contributed by atoms with E-state index in [9.17, 15) is 5.11 Å². The van der Waals surface area contributed by atoms with Gasteiger partial charge in [0.2, 0.25) is 0 Å². The first-order valence-electron chi connectivity index (χ1n) is 2.09. The van der Waals surface area contributed by atoms with E-state index in [0.29, 0.717) is 0 Å². The van der Waals surface area contributed by atoms with E-state index < -0.39 is 0 Å².